The van der Waals surface area contributed by atoms with E-state index in [2.05, 4.69) is 20.7 Å². The van der Waals surface area contributed by atoms with E-state index in [-0.39, 0.29) is 0 Å². The molecule has 1 fully saturated rings. The van der Waals surface area contributed by atoms with Crippen LogP contribution in [0.1, 0.15) is 6.92 Å². The molecule has 0 aromatic rings. The van der Waals surface area contributed by atoms with Gasteiger partial charge in [-0.05, 0) is 15.9 Å². The van der Waals surface area contributed by atoms with E-state index in [1.807, 2.05) is 5.32 Å². The second kappa shape index (κ2) is 3.52. The maximum atomic E-state index is 13.5. The summed E-state index contributed by atoms with van der Waals surface area (Å²) in [5.41, 5.74) is 0. The number of carbonyl (C=O) groups is 3. The van der Waals surface area contributed by atoms with Crippen molar-refractivity contribution in [3.63, 3.8) is 0 Å². The van der Waals surface area contributed by atoms with Crippen molar-refractivity contribution < 1.29 is 23.5 Å². The molecular formula is C6H6BrFN2O4. The Hall–Kier alpha value is -1.18. The van der Waals surface area contributed by atoms with Crippen LogP contribution < -0.4 is 10.6 Å². The van der Waals surface area contributed by atoms with Crippen molar-refractivity contribution >= 4 is 33.8 Å². The van der Waals surface area contributed by atoms with Gasteiger partial charge in [0, 0.05) is 6.92 Å². The van der Waals surface area contributed by atoms with Gasteiger partial charge in [0.2, 0.25) is 6.23 Å². The zero-order chi connectivity index (χ0) is 10.9. The van der Waals surface area contributed by atoms with Crippen LogP contribution in [0.3, 0.4) is 0 Å². The van der Waals surface area contributed by atoms with Crippen LogP contribution in [0.2, 0.25) is 0 Å². The van der Waals surface area contributed by atoms with Gasteiger partial charge in [-0.15, -0.1) is 0 Å². The van der Waals surface area contributed by atoms with Gasteiger partial charge in [-0.25, -0.2) is 9.18 Å². The van der Waals surface area contributed by atoms with Gasteiger partial charge >= 0.3 is 12.0 Å². The van der Waals surface area contributed by atoms with Gasteiger partial charge in [0.1, 0.15) is 0 Å². The molecule has 0 spiro atoms. The lowest BCUT2D eigenvalue weighted by Gasteiger charge is -2.31. The largest absolute Gasteiger partial charge is 0.437 e. The fourth-order valence-corrected chi connectivity index (χ4v) is 1.13. The molecule has 1 aliphatic heterocycles. The van der Waals surface area contributed by atoms with Crippen LogP contribution in [0.25, 0.3) is 0 Å². The molecule has 0 aliphatic carbocycles. The van der Waals surface area contributed by atoms with Crippen LogP contribution in [0.4, 0.5) is 9.18 Å². The third-order valence-electron chi connectivity index (χ3n) is 1.41. The first-order valence-corrected chi connectivity index (χ1v) is 4.30. The minimum Gasteiger partial charge on any atom is -0.437 e. The van der Waals surface area contributed by atoms with Crippen LogP contribution >= 0.6 is 15.9 Å². The van der Waals surface area contributed by atoms with Gasteiger partial charge in [-0.1, -0.05) is 0 Å². The minimum atomic E-state index is -2.65. The Labute approximate surface area is 86.3 Å². The second-order valence-corrected chi connectivity index (χ2v) is 3.69. The Morgan fingerprint density at radius 2 is 2.21 bits per heavy atom. The molecule has 2 atom stereocenters. The predicted molar refractivity (Wildman–Crippen MR) is 45.0 cm³/mol. The zero-order valence-electron chi connectivity index (χ0n) is 6.97. The Kier molecular flexibility index (Phi) is 2.74. The first-order valence-electron chi connectivity index (χ1n) is 3.51. The molecule has 0 unspecified atom stereocenters. The monoisotopic (exact) mass is 268 g/mol. The number of imide groups is 1. The van der Waals surface area contributed by atoms with Crippen LogP contribution in [0.15, 0.2) is 0 Å². The number of rotatable bonds is 1. The third-order valence-corrected chi connectivity index (χ3v) is 2.18. The van der Waals surface area contributed by atoms with Crippen molar-refractivity contribution in [1.82, 2.24) is 10.6 Å². The summed E-state index contributed by atoms with van der Waals surface area (Å²) in [6.07, 6.45) is -1.67. The van der Waals surface area contributed by atoms with Gasteiger partial charge in [0.05, 0.1) is 0 Å². The Morgan fingerprint density at radius 1 is 1.64 bits per heavy atom. The number of hydrogen-bond donors (Lipinski definition) is 2. The van der Waals surface area contributed by atoms with Crippen molar-refractivity contribution in [1.29, 1.82) is 0 Å². The molecule has 1 aliphatic rings. The van der Waals surface area contributed by atoms with Gasteiger partial charge in [-0.2, -0.15) is 0 Å². The van der Waals surface area contributed by atoms with Crippen molar-refractivity contribution in [3.05, 3.63) is 0 Å². The van der Waals surface area contributed by atoms with Gasteiger partial charge in [0.15, 0.2) is 0 Å². The molecular weight excluding hydrogens is 263 g/mol. The summed E-state index contributed by atoms with van der Waals surface area (Å²) in [5.74, 6) is -2.03. The summed E-state index contributed by atoms with van der Waals surface area (Å²) in [4.78, 5) is 32.2. The number of urea groups is 1. The molecule has 1 heterocycles. The molecule has 14 heavy (non-hydrogen) atoms. The summed E-state index contributed by atoms with van der Waals surface area (Å²) in [6.45, 7) is 1.03. The summed E-state index contributed by atoms with van der Waals surface area (Å²) < 4.78 is 15.2. The lowest BCUT2D eigenvalue weighted by molar-refractivity contribution is -0.157. The molecule has 6 nitrogen and oxygen atoms in total. The van der Waals surface area contributed by atoms with E-state index in [0.29, 0.717) is 0 Å². The van der Waals surface area contributed by atoms with Crippen LogP contribution in [0.5, 0.6) is 0 Å². The summed E-state index contributed by atoms with van der Waals surface area (Å²) >= 11 is 2.41. The highest BCUT2D eigenvalue weighted by Gasteiger charge is 2.51. The maximum Gasteiger partial charge on any atom is 0.324 e. The molecule has 2 N–H and O–H groups in total. The maximum absolute atomic E-state index is 13.5. The Morgan fingerprint density at radius 3 is 2.71 bits per heavy atom. The van der Waals surface area contributed by atoms with E-state index in [4.69, 9.17) is 0 Å². The predicted octanol–water partition coefficient (Wildman–Crippen LogP) is -0.224. The van der Waals surface area contributed by atoms with Crippen LogP contribution in [-0.2, 0) is 14.3 Å². The highest BCUT2D eigenvalue weighted by atomic mass is 79.9. The first kappa shape index (κ1) is 10.9. The highest BCUT2D eigenvalue weighted by Crippen LogP contribution is 2.27. The summed E-state index contributed by atoms with van der Waals surface area (Å²) in [6, 6.07) is -0.922. The zero-order valence-corrected chi connectivity index (χ0v) is 8.55. The fourth-order valence-electron chi connectivity index (χ4n) is 0.821. The SMILES string of the molecule is CC(=O)O[C@H]1NC(=O)NC(=O)[C@]1(F)Br. The van der Waals surface area contributed by atoms with Gasteiger partial charge < -0.3 is 4.74 Å². The minimum absolute atomic E-state index is 0.813. The third kappa shape index (κ3) is 2.00. The molecule has 1 saturated heterocycles. The molecule has 8 heteroatoms. The summed E-state index contributed by atoms with van der Waals surface area (Å²) in [7, 11) is 0. The lowest BCUT2D eigenvalue weighted by Crippen LogP contribution is -2.65. The van der Waals surface area contributed by atoms with Crippen molar-refractivity contribution in [2.45, 2.75) is 17.7 Å². The standard InChI is InChI=1S/C6H6BrFN2O4/c1-2(11)14-4-6(7,8)3(12)9-5(13)10-4/h4H,1H3,(H2,9,10,12,13)/t4-,6-/m1/s1. The first-order chi connectivity index (χ1) is 6.34. The molecule has 0 aromatic carbocycles. The number of hydrogen-bond acceptors (Lipinski definition) is 4. The van der Waals surface area contributed by atoms with E-state index in [1.165, 1.54) is 0 Å². The van der Waals surface area contributed by atoms with E-state index in [0.717, 1.165) is 6.92 Å². The van der Waals surface area contributed by atoms with Crippen molar-refractivity contribution in [2.75, 3.05) is 0 Å². The number of nitrogens with one attached hydrogen (secondary N) is 2. The van der Waals surface area contributed by atoms with E-state index >= 15 is 0 Å². The average Bonchev–Trinajstić information content (AvgIpc) is 1.99. The Bertz CT molecular complexity index is 304. The molecule has 78 valence electrons. The normalized spacial score (nSPS) is 31.8. The Balaban J connectivity index is 2.84. The fraction of sp³-hybridized carbons (Fsp3) is 0.500. The van der Waals surface area contributed by atoms with E-state index in [9.17, 15) is 18.8 Å². The molecule has 0 bridgehead atoms. The highest BCUT2D eigenvalue weighted by molar-refractivity contribution is 9.10. The van der Waals surface area contributed by atoms with Crippen LogP contribution in [0, 0.1) is 0 Å². The number of amides is 3. The topological polar surface area (TPSA) is 84.5 Å². The quantitative estimate of drug-likeness (QED) is 0.509. The molecule has 0 aromatic heterocycles. The van der Waals surface area contributed by atoms with E-state index < -0.39 is 28.7 Å². The number of esters is 1. The number of ether oxygens (including phenoxy) is 1. The van der Waals surface area contributed by atoms with Crippen molar-refractivity contribution in [2.24, 2.45) is 0 Å². The van der Waals surface area contributed by atoms with E-state index in [1.54, 1.807) is 5.32 Å². The van der Waals surface area contributed by atoms with Crippen molar-refractivity contribution in [3.8, 4) is 0 Å². The molecule has 0 radical (unpaired) electrons. The van der Waals surface area contributed by atoms with Gasteiger partial charge in [0.25, 0.3) is 10.5 Å². The summed E-state index contributed by atoms with van der Waals surface area (Å²) in [5, 5.41) is 3.60. The average molecular weight is 269 g/mol. The molecule has 3 amide bonds. The number of halogens is 2. The number of carbonyl (C=O) groups excluding carboxylic acids is 3. The smallest absolute Gasteiger partial charge is 0.324 e. The number of alkyl halides is 2. The lowest BCUT2D eigenvalue weighted by atomic mass is 10.2. The molecule has 1 rings (SSSR count). The van der Waals surface area contributed by atoms with Gasteiger partial charge in [-0.3, -0.25) is 20.2 Å². The second-order valence-electron chi connectivity index (χ2n) is 2.54. The van der Waals surface area contributed by atoms with Crippen LogP contribution in [-0.4, -0.2) is 28.7 Å². The molecule has 0 saturated carbocycles.